The number of aryl methyl sites for hydroxylation is 1. The van der Waals surface area contributed by atoms with E-state index in [0.29, 0.717) is 5.56 Å². The van der Waals surface area contributed by atoms with Crippen LogP contribution in [0.15, 0.2) is 24.3 Å². The van der Waals surface area contributed by atoms with Crippen LogP contribution in [0, 0.1) is 13.8 Å². The van der Waals surface area contributed by atoms with Gasteiger partial charge in [-0.05, 0) is 44.5 Å². The molecule has 2 rings (SSSR count). The SMILES string of the molecule is CCCn1c(C)cc(C(=O)COc2cc(C(=O)OC)cc(C(=O)OC)c2)c1C. The Morgan fingerprint density at radius 2 is 1.50 bits per heavy atom. The minimum atomic E-state index is -0.620. The van der Waals surface area contributed by atoms with Crippen molar-refractivity contribution in [2.45, 2.75) is 33.7 Å². The third-order valence-corrected chi connectivity index (χ3v) is 4.44. The fourth-order valence-corrected chi connectivity index (χ4v) is 3.03. The van der Waals surface area contributed by atoms with Crippen molar-refractivity contribution < 1.29 is 28.6 Å². The molecule has 0 N–H and O–H groups in total. The van der Waals surface area contributed by atoms with Crippen molar-refractivity contribution in [3.8, 4) is 5.75 Å². The summed E-state index contributed by atoms with van der Waals surface area (Å²) >= 11 is 0. The Kier molecular flexibility index (Phi) is 6.98. The van der Waals surface area contributed by atoms with Gasteiger partial charge in [-0.3, -0.25) is 4.79 Å². The second kappa shape index (κ2) is 9.21. The molecule has 0 aliphatic rings. The Bertz CT molecular complexity index is 862. The molecule has 0 saturated heterocycles. The van der Waals surface area contributed by atoms with Crippen molar-refractivity contribution in [3.63, 3.8) is 0 Å². The van der Waals surface area contributed by atoms with Crippen LogP contribution in [0.25, 0.3) is 0 Å². The van der Waals surface area contributed by atoms with Crippen molar-refractivity contribution >= 4 is 17.7 Å². The van der Waals surface area contributed by atoms with Crippen LogP contribution in [0.2, 0.25) is 0 Å². The van der Waals surface area contributed by atoms with Crippen LogP contribution in [0.1, 0.15) is 55.8 Å². The second-order valence-corrected chi connectivity index (χ2v) is 6.38. The molecule has 0 radical (unpaired) electrons. The van der Waals surface area contributed by atoms with E-state index in [2.05, 4.69) is 11.5 Å². The third kappa shape index (κ3) is 4.60. The number of hydrogen-bond acceptors (Lipinski definition) is 6. The number of nitrogens with zero attached hydrogens (tertiary/aromatic N) is 1. The normalized spacial score (nSPS) is 10.5. The molecule has 0 bridgehead atoms. The zero-order chi connectivity index (χ0) is 20.8. The van der Waals surface area contributed by atoms with E-state index in [1.807, 2.05) is 19.9 Å². The second-order valence-electron chi connectivity index (χ2n) is 6.38. The van der Waals surface area contributed by atoms with Crippen molar-refractivity contribution in [2.75, 3.05) is 20.8 Å². The molecule has 0 aliphatic heterocycles. The van der Waals surface area contributed by atoms with Gasteiger partial charge in [0.2, 0.25) is 5.78 Å². The predicted octanol–water partition coefficient (Wildman–Crippen LogP) is 3.35. The molecule has 2 aromatic rings. The highest BCUT2D eigenvalue weighted by Crippen LogP contribution is 2.21. The monoisotopic (exact) mass is 387 g/mol. The topological polar surface area (TPSA) is 83.8 Å². The highest BCUT2D eigenvalue weighted by atomic mass is 16.5. The maximum absolute atomic E-state index is 12.6. The largest absolute Gasteiger partial charge is 0.485 e. The molecular weight excluding hydrogens is 362 g/mol. The number of esters is 2. The Morgan fingerprint density at radius 3 is 2.00 bits per heavy atom. The number of ketones is 1. The summed E-state index contributed by atoms with van der Waals surface area (Å²) in [6.07, 6.45) is 0.969. The van der Waals surface area contributed by atoms with E-state index in [1.54, 1.807) is 0 Å². The molecule has 1 aromatic carbocycles. The van der Waals surface area contributed by atoms with Gasteiger partial charge in [0.15, 0.2) is 6.61 Å². The van der Waals surface area contributed by atoms with Crippen LogP contribution in [0.4, 0.5) is 0 Å². The molecule has 0 spiro atoms. The molecule has 28 heavy (non-hydrogen) atoms. The Balaban J connectivity index is 2.24. The molecular formula is C21H25NO6. The van der Waals surface area contributed by atoms with Gasteiger partial charge in [-0.25, -0.2) is 9.59 Å². The zero-order valence-electron chi connectivity index (χ0n) is 16.8. The van der Waals surface area contributed by atoms with Crippen molar-refractivity contribution in [1.29, 1.82) is 0 Å². The first-order chi connectivity index (χ1) is 13.3. The highest BCUT2D eigenvalue weighted by molar-refractivity contribution is 5.99. The quantitative estimate of drug-likeness (QED) is 0.510. The van der Waals surface area contributed by atoms with Crippen LogP contribution < -0.4 is 4.74 Å². The number of carbonyl (C=O) groups is 3. The van der Waals surface area contributed by atoms with E-state index in [-0.39, 0.29) is 29.3 Å². The van der Waals surface area contributed by atoms with Gasteiger partial charge in [0.25, 0.3) is 0 Å². The van der Waals surface area contributed by atoms with Gasteiger partial charge in [-0.15, -0.1) is 0 Å². The number of hydrogen-bond donors (Lipinski definition) is 0. The summed E-state index contributed by atoms with van der Waals surface area (Å²) in [5.74, 6) is -1.22. The predicted molar refractivity (Wildman–Crippen MR) is 103 cm³/mol. The molecule has 1 heterocycles. The van der Waals surface area contributed by atoms with Gasteiger partial charge in [0.05, 0.1) is 25.3 Å². The van der Waals surface area contributed by atoms with E-state index < -0.39 is 11.9 Å². The van der Waals surface area contributed by atoms with Crippen LogP contribution in [-0.2, 0) is 16.0 Å². The summed E-state index contributed by atoms with van der Waals surface area (Å²) in [5, 5.41) is 0. The minimum absolute atomic E-state index is 0.133. The average molecular weight is 387 g/mol. The summed E-state index contributed by atoms with van der Waals surface area (Å²) in [6.45, 7) is 6.57. The maximum Gasteiger partial charge on any atom is 0.338 e. The van der Waals surface area contributed by atoms with Gasteiger partial charge in [0, 0.05) is 23.5 Å². The van der Waals surface area contributed by atoms with Crippen molar-refractivity contribution in [2.24, 2.45) is 0 Å². The fourth-order valence-electron chi connectivity index (χ4n) is 3.03. The number of benzene rings is 1. The van der Waals surface area contributed by atoms with Gasteiger partial charge in [0.1, 0.15) is 5.75 Å². The van der Waals surface area contributed by atoms with E-state index in [4.69, 9.17) is 14.2 Å². The lowest BCUT2D eigenvalue weighted by Gasteiger charge is -2.10. The van der Waals surface area contributed by atoms with E-state index in [9.17, 15) is 14.4 Å². The Hall–Kier alpha value is -3.09. The third-order valence-electron chi connectivity index (χ3n) is 4.44. The highest BCUT2D eigenvalue weighted by Gasteiger charge is 2.18. The van der Waals surface area contributed by atoms with Gasteiger partial charge in [-0.2, -0.15) is 0 Å². The molecule has 0 atom stereocenters. The Morgan fingerprint density at radius 1 is 0.929 bits per heavy atom. The number of methoxy groups -OCH3 is 2. The molecule has 0 saturated carbocycles. The smallest absolute Gasteiger partial charge is 0.338 e. The van der Waals surface area contributed by atoms with Gasteiger partial charge in [-0.1, -0.05) is 6.92 Å². The summed E-state index contributed by atoms with van der Waals surface area (Å²) < 4.78 is 17.1. The van der Waals surface area contributed by atoms with Crippen LogP contribution >= 0.6 is 0 Å². The molecule has 0 amide bonds. The molecule has 0 fully saturated rings. The van der Waals surface area contributed by atoms with Crippen molar-refractivity contribution in [3.05, 3.63) is 52.3 Å². The molecule has 7 nitrogen and oxygen atoms in total. The summed E-state index contributed by atoms with van der Waals surface area (Å²) in [7, 11) is 2.48. The Labute approximate surface area is 164 Å². The van der Waals surface area contributed by atoms with Crippen LogP contribution in [0.5, 0.6) is 5.75 Å². The average Bonchev–Trinajstić information content (AvgIpc) is 2.99. The summed E-state index contributed by atoms with van der Waals surface area (Å²) in [4.78, 5) is 36.3. The van der Waals surface area contributed by atoms with Gasteiger partial charge >= 0.3 is 11.9 Å². The van der Waals surface area contributed by atoms with Crippen LogP contribution in [0.3, 0.4) is 0 Å². The van der Waals surface area contributed by atoms with Crippen molar-refractivity contribution in [1.82, 2.24) is 4.57 Å². The first kappa shape index (κ1) is 21.2. The standard InChI is InChI=1S/C21H25NO6/c1-6-7-22-13(2)8-18(14(22)3)19(23)12-28-17-10-15(20(24)26-4)9-16(11-17)21(25)27-5/h8-11H,6-7,12H2,1-5H3. The first-order valence-electron chi connectivity index (χ1n) is 8.96. The molecule has 0 aliphatic carbocycles. The van der Waals surface area contributed by atoms with Gasteiger partial charge < -0.3 is 18.8 Å². The lowest BCUT2D eigenvalue weighted by atomic mass is 10.1. The van der Waals surface area contributed by atoms with Crippen LogP contribution in [-0.4, -0.2) is 43.1 Å². The number of aromatic nitrogens is 1. The van der Waals surface area contributed by atoms with E-state index in [0.717, 1.165) is 24.4 Å². The molecule has 150 valence electrons. The zero-order valence-corrected chi connectivity index (χ0v) is 16.8. The number of rotatable bonds is 8. The minimum Gasteiger partial charge on any atom is -0.485 e. The lowest BCUT2D eigenvalue weighted by molar-refractivity contribution is 0.0598. The fraction of sp³-hybridized carbons (Fsp3) is 0.381. The number of carbonyl (C=O) groups excluding carboxylic acids is 3. The maximum atomic E-state index is 12.6. The van der Waals surface area contributed by atoms with E-state index in [1.165, 1.54) is 32.4 Å². The molecule has 0 unspecified atom stereocenters. The molecule has 1 aromatic heterocycles. The number of Topliss-reactive ketones (excluding diaryl/α,β-unsaturated/α-hetero) is 1. The molecule has 7 heteroatoms. The lowest BCUT2D eigenvalue weighted by Crippen LogP contribution is -2.14. The van der Waals surface area contributed by atoms with E-state index >= 15 is 0 Å². The first-order valence-corrected chi connectivity index (χ1v) is 8.96. The number of ether oxygens (including phenoxy) is 3. The summed E-state index contributed by atoms with van der Waals surface area (Å²) in [5.41, 5.74) is 2.78. The summed E-state index contributed by atoms with van der Waals surface area (Å²) in [6, 6.07) is 6.05.